The molecule has 1 N–H and O–H groups in total. The minimum absolute atomic E-state index is 0.0163. The van der Waals surface area contributed by atoms with Crippen LogP contribution in [0.4, 0.5) is 10.5 Å². The first-order valence-electron chi connectivity index (χ1n) is 10.5. The van der Waals surface area contributed by atoms with Crippen LogP contribution in [0.5, 0.6) is 0 Å². The molecular weight excluding hydrogens is 354 g/mol. The van der Waals surface area contributed by atoms with Gasteiger partial charge < -0.3 is 19.9 Å². The number of ether oxygens (including phenoxy) is 1. The summed E-state index contributed by atoms with van der Waals surface area (Å²) in [7, 11) is 0. The van der Waals surface area contributed by atoms with Gasteiger partial charge in [-0.25, -0.2) is 4.79 Å². The highest BCUT2D eigenvalue weighted by Gasteiger charge is 2.29. The molecule has 6 nitrogen and oxygen atoms in total. The fourth-order valence-electron chi connectivity index (χ4n) is 4.07. The number of carbonyl (C=O) groups excluding carboxylic acids is 2. The van der Waals surface area contributed by atoms with E-state index in [1.165, 1.54) is 11.3 Å². The highest BCUT2D eigenvalue weighted by atomic mass is 16.6. The number of hydrogen-bond donors (Lipinski definition) is 1. The zero-order valence-electron chi connectivity index (χ0n) is 17.3. The number of nitrogens with zero attached hydrogens (tertiary/aromatic N) is 2. The van der Waals surface area contributed by atoms with Crippen LogP contribution in [0.25, 0.3) is 0 Å². The van der Waals surface area contributed by atoms with E-state index in [4.69, 9.17) is 4.74 Å². The van der Waals surface area contributed by atoms with Crippen molar-refractivity contribution in [1.82, 2.24) is 10.2 Å². The number of amides is 2. The first-order valence-corrected chi connectivity index (χ1v) is 10.5. The highest BCUT2D eigenvalue weighted by molar-refractivity contribution is 5.79. The Morgan fingerprint density at radius 3 is 2.64 bits per heavy atom. The van der Waals surface area contributed by atoms with Gasteiger partial charge in [-0.2, -0.15) is 0 Å². The van der Waals surface area contributed by atoms with Crippen LogP contribution in [-0.4, -0.2) is 55.7 Å². The van der Waals surface area contributed by atoms with Gasteiger partial charge in [-0.05, 0) is 43.7 Å². The van der Waals surface area contributed by atoms with E-state index in [1.807, 2.05) is 13.8 Å². The molecule has 0 aliphatic carbocycles. The lowest BCUT2D eigenvalue weighted by Gasteiger charge is -2.31. The number of hydrogen-bond acceptors (Lipinski definition) is 4. The van der Waals surface area contributed by atoms with E-state index >= 15 is 0 Å². The predicted octanol–water partition coefficient (Wildman–Crippen LogP) is 3.06. The molecule has 154 valence electrons. The van der Waals surface area contributed by atoms with Crippen LogP contribution in [0.3, 0.4) is 0 Å². The molecule has 1 aromatic carbocycles. The summed E-state index contributed by atoms with van der Waals surface area (Å²) in [6.45, 7) is 9.36. The zero-order chi connectivity index (χ0) is 20.1. The number of benzene rings is 1. The smallest absolute Gasteiger partial charge is 0.409 e. The van der Waals surface area contributed by atoms with E-state index in [2.05, 4.69) is 41.4 Å². The van der Waals surface area contributed by atoms with Crippen molar-refractivity contribution in [3.63, 3.8) is 0 Å². The summed E-state index contributed by atoms with van der Waals surface area (Å²) in [5, 5.41) is 3.10. The normalized spacial score (nSPS) is 19.6. The van der Waals surface area contributed by atoms with Crippen LogP contribution in [0.15, 0.2) is 24.3 Å². The second-order valence-corrected chi connectivity index (χ2v) is 8.40. The number of anilines is 1. The Morgan fingerprint density at radius 2 is 1.93 bits per heavy atom. The van der Waals surface area contributed by atoms with Gasteiger partial charge in [0.15, 0.2) is 0 Å². The van der Waals surface area contributed by atoms with E-state index in [-0.39, 0.29) is 17.9 Å². The molecule has 0 spiro atoms. The predicted molar refractivity (Wildman–Crippen MR) is 110 cm³/mol. The molecule has 2 amide bonds. The minimum atomic E-state index is -0.255. The standard InChI is InChI=1S/C22H33N3O3/c1-16(2)15-28-22(27)24-11-8-18(9-12-24)21(26)23-10-13-25-17(3)14-19-6-4-5-7-20(19)25/h4-7,16-18H,8-15H2,1-3H3,(H,23,26). The van der Waals surface area contributed by atoms with Crippen molar-refractivity contribution < 1.29 is 14.3 Å². The Bertz CT molecular complexity index is 683. The Balaban J connectivity index is 1.39. The van der Waals surface area contributed by atoms with E-state index < -0.39 is 0 Å². The lowest BCUT2D eigenvalue weighted by molar-refractivity contribution is -0.126. The van der Waals surface area contributed by atoms with Crippen molar-refractivity contribution in [2.75, 3.05) is 37.7 Å². The summed E-state index contributed by atoms with van der Waals surface area (Å²) >= 11 is 0. The van der Waals surface area contributed by atoms with Gasteiger partial charge in [-0.15, -0.1) is 0 Å². The minimum Gasteiger partial charge on any atom is -0.449 e. The van der Waals surface area contributed by atoms with Gasteiger partial charge in [0.1, 0.15) is 0 Å². The van der Waals surface area contributed by atoms with Gasteiger partial charge in [-0.3, -0.25) is 4.79 Å². The summed E-state index contributed by atoms with van der Waals surface area (Å²) in [6.07, 6.45) is 2.21. The molecule has 1 atom stereocenters. The second kappa shape index (κ2) is 9.30. The first kappa shape index (κ1) is 20.5. The largest absolute Gasteiger partial charge is 0.449 e. The third kappa shape index (κ3) is 4.97. The lowest BCUT2D eigenvalue weighted by atomic mass is 9.96. The first-order chi connectivity index (χ1) is 13.5. The van der Waals surface area contributed by atoms with E-state index in [1.54, 1.807) is 4.90 Å². The SMILES string of the molecule is CC(C)COC(=O)N1CCC(C(=O)NCCN2c3ccccc3CC2C)CC1. The molecule has 0 saturated carbocycles. The van der Waals surface area contributed by atoms with Gasteiger partial charge in [0.25, 0.3) is 0 Å². The van der Waals surface area contributed by atoms with Crippen LogP contribution >= 0.6 is 0 Å². The number of rotatable bonds is 6. The topological polar surface area (TPSA) is 61.9 Å². The Hall–Kier alpha value is -2.24. The maximum absolute atomic E-state index is 12.5. The second-order valence-electron chi connectivity index (χ2n) is 8.40. The molecular formula is C22H33N3O3. The number of fused-ring (bicyclic) bond motifs is 1. The van der Waals surface area contributed by atoms with Crippen LogP contribution in [0.1, 0.15) is 39.2 Å². The molecule has 0 aromatic heterocycles. The molecule has 1 fully saturated rings. The van der Waals surface area contributed by atoms with Gasteiger partial charge in [0.05, 0.1) is 6.61 Å². The third-order valence-corrected chi connectivity index (χ3v) is 5.66. The Labute approximate surface area is 168 Å². The molecule has 1 saturated heterocycles. The zero-order valence-corrected chi connectivity index (χ0v) is 17.3. The maximum Gasteiger partial charge on any atom is 0.409 e. The number of likely N-dealkylation sites (tertiary alicyclic amines) is 1. The molecule has 0 radical (unpaired) electrons. The van der Waals surface area contributed by atoms with E-state index in [9.17, 15) is 9.59 Å². The summed E-state index contributed by atoms with van der Waals surface area (Å²) in [5.41, 5.74) is 2.68. The lowest BCUT2D eigenvalue weighted by Crippen LogP contribution is -2.45. The molecule has 2 aliphatic heterocycles. The van der Waals surface area contributed by atoms with Gasteiger partial charge in [0.2, 0.25) is 5.91 Å². The van der Waals surface area contributed by atoms with Crippen molar-refractivity contribution in [3.05, 3.63) is 29.8 Å². The fraction of sp³-hybridized carbons (Fsp3) is 0.636. The summed E-state index contributed by atoms with van der Waals surface area (Å²) in [4.78, 5) is 28.6. The average Bonchev–Trinajstić information content (AvgIpc) is 3.01. The highest BCUT2D eigenvalue weighted by Crippen LogP contribution is 2.31. The number of carbonyl (C=O) groups is 2. The number of nitrogens with one attached hydrogen (secondary N) is 1. The van der Waals surface area contributed by atoms with Crippen molar-refractivity contribution in [3.8, 4) is 0 Å². The van der Waals surface area contributed by atoms with Crippen LogP contribution in [-0.2, 0) is 16.0 Å². The molecule has 6 heteroatoms. The summed E-state index contributed by atoms with van der Waals surface area (Å²) in [5.74, 6) is 0.422. The molecule has 0 bridgehead atoms. The molecule has 28 heavy (non-hydrogen) atoms. The van der Waals surface area contributed by atoms with Crippen molar-refractivity contribution in [1.29, 1.82) is 0 Å². The quantitative estimate of drug-likeness (QED) is 0.815. The number of para-hydroxylation sites is 1. The molecule has 2 aliphatic rings. The Kier molecular flexibility index (Phi) is 6.81. The molecule has 1 unspecified atom stereocenters. The van der Waals surface area contributed by atoms with Gasteiger partial charge >= 0.3 is 6.09 Å². The van der Waals surface area contributed by atoms with Crippen molar-refractivity contribution in [2.24, 2.45) is 11.8 Å². The van der Waals surface area contributed by atoms with Crippen LogP contribution in [0, 0.1) is 11.8 Å². The molecule has 2 heterocycles. The maximum atomic E-state index is 12.5. The summed E-state index contributed by atoms with van der Waals surface area (Å²) in [6, 6.07) is 8.97. The average molecular weight is 388 g/mol. The fourth-order valence-corrected chi connectivity index (χ4v) is 4.07. The van der Waals surface area contributed by atoms with Crippen LogP contribution in [0.2, 0.25) is 0 Å². The molecule has 1 aromatic rings. The van der Waals surface area contributed by atoms with Gasteiger partial charge in [0, 0.05) is 43.8 Å². The number of piperidine rings is 1. The van der Waals surface area contributed by atoms with Gasteiger partial charge in [-0.1, -0.05) is 32.0 Å². The van der Waals surface area contributed by atoms with Crippen molar-refractivity contribution >= 4 is 17.7 Å². The van der Waals surface area contributed by atoms with Crippen LogP contribution < -0.4 is 10.2 Å². The Morgan fingerprint density at radius 1 is 1.21 bits per heavy atom. The third-order valence-electron chi connectivity index (χ3n) is 5.66. The monoisotopic (exact) mass is 387 g/mol. The van der Waals surface area contributed by atoms with E-state index in [0.717, 1.165) is 13.0 Å². The van der Waals surface area contributed by atoms with Crippen molar-refractivity contribution in [2.45, 2.75) is 46.1 Å². The summed E-state index contributed by atoms with van der Waals surface area (Å²) < 4.78 is 5.28. The van der Waals surface area contributed by atoms with E-state index in [0.29, 0.717) is 51.0 Å². The molecule has 3 rings (SSSR count).